The Bertz CT molecular complexity index is 555. The van der Waals surface area contributed by atoms with Crippen molar-refractivity contribution >= 4 is 38.9 Å². The highest BCUT2D eigenvalue weighted by molar-refractivity contribution is 9.11. The Morgan fingerprint density at radius 2 is 2.12 bits per heavy atom. The minimum atomic E-state index is -0.829. The quantitative estimate of drug-likeness (QED) is 0.844. The van der Waals surface area contributed by atoms with Crippen LogP contribution in [0.1, 0.15) is 22.8 Å². The summed E-state index contributed by atoms with van der Waals surface area (Å²) in [5.74, 6) is -0.363. The molecule has 1 heterocycles. The maximum atomic E-state index is 13.3. The molecule has 0 radical (unpaired) electrons. The number of benzene rings is 1. The van der Waals surface area contributed by atoms with Crippen molar-refractivity contribution in [1.82, 2.24) is 0 Å². The maximum absolute atomic E-state index is 13.3. The summed E-state index contributed by atoms with van der Waals surface area (Å²) in [6.07, 6.45) is -0.829. The Morgan fingerprint density at radius 1 is 1.41 bits per heavy atom. The molecule has 0 aliphatic rings. The van der Waals surface area contributed by atoms with Crippen LogP contribution in [-0.2, 0) is 0 Å². The standard InChI is InChI=1S/C12H9BrClFOS/c1-6-2-8(9(14)4-10(6)15)12(16)7-3-11(13)17-5-7/h2-5,12,16H,1H3. The smallest absolute Gasteiger partial charge is 0.127 e. The van der Waals surface area contributed by atoms with Crippen LogP contribution in [-0.4, -0.2) is 5.11 Å². The largest absolute Gasteiger partial charge is 0.384 e. The van der Waals surface area contributed by atoms with E-state index in [0.717, 1.165) is 9.35 Å². The van der Waals surface area contributed by atoms with Gasteiger partial charge in [-0.3, -0.25) is 0 Å². The lowest BCUT2D eigenvalue weighted by Gasteiger charge is -2.12. The predicted octanol–water partition coefficient (Wildman–Crippen LogP) is 4.69. The minimum absolute atomic E-state index is 0.239. The summed E-state index contributed by atoms with van der Waals surface area (Å²) in [6.45, 7) is 1.64. The van der Waals surface area contributed by atoms with Crippen LogP contribution >= 0.6 is 38.9 Å². The van der Waals surface area contributed by atoms with Gasteiger partial charge in [0.15, 0.2) is 0 Å². The van der Waals surface area contributed by atoms with E-state index in [4.69, 9.17) is 11.6 Å². The first kappa shape index (κ1) is 13.0. The van der Waals surface area contributed by atoms with Gasteiger partial charge < -0.3 is 5.11 Å². The molecule has 1 aromatic heterocycles. The Balaban J connectivity index is 2.43. The zero-order valence-corrected chi connectivity index (χ0v) is 12.0. The Kier molecular flexibility index (Phi) is 3.88. The fraction of sp³-hybridized carbons (Fsp3) is 0.167. The highest BCUT2D eigenvalue weighted by Crippen LogP contribution is 2.33. The number of aliphatic hydroxyl groups excluding tert-OH is 1. The third kappa shape index (κ3) is 2.71. The van der Waals surface area contributed by atoms with Crippen LogP contribution in [0.25, 0.3) is 0 Å². The van der Waals surface area contributed by atoms with E-state index >= 15 is 0 Å². The molecule has 0 amide bonds. The molecule has 0 aliphatic heterocycles. The Hall–Kier alpha value is -0.420. The monoisotopic (exact) mass is 334 g/mol. The molecule has 0 spiro atoms. The summed E-state index contributed by atoms with van der Waals surface area (Å²) in [7, 11) is 0. The van der Waals surface area contributed by atoms with Crippen LogP contribution in [0.5, 0.6) is 0 Å². The van der Waals surface area contributed by atoms with Crippen molar-refractivity contribution in [3.05, 3.63) is 54.9 Å². The molecule has 0 saturated carbocycles. The Labute approximate surface area is 116 Å². The molecule has 0 bridgehead atoms. The molecular weight excluding hydrogens is 327 g/mol. The Morgan fingerprint density at radius 3 is 2.71 bits per heavy atom. The highest BCUT2D eigenvalue weighted by Gasteiger charge is 2.17. The van der Waals surface area contributed by atoms with E-state index in [9.17, 15) is 9.50 Å². The molecule has 2 aromatic rings. The topological polar surface area (TPSA) is 20.2 Å². The molecule has 1 aromatic carbocycles. The molecule has 2 rings (SSSR count). The summed E-state index contributed by atoms with van der Waals surface area (Å²) in [5, 5.41) is 12.3. The average molecular weight is 336 g/mol. The fourth-order valence-electron chi connectivity index (χ4n) is 1.54. The molecule has 0 saturated heterocycles. The van der Waals surface area contributed by atoms with Gasteiger partial charge in [0.2, 0.25) is 0 Å². The van der Waals surface area contributed by atoms with E-state index < -0.39 is 6.10 Å². The first-order valence-electron chi connectivity index (χ1n) is 4.86. The molecule has 1 atom stereocenters. The van der Waals surface area contributed by atoms with Crippen molar-refractivity contribution in [2.75, 3.05) is 0 Å². The van der Waals surface area contributed by atoms with Crippen molar-refractivity contribution < 1.29 is 9.50 Å². The van der Waals surface area contributed by atoms with Crippen LogP contribution in [0, 0.1) is 12.7 Å². The van der Waals surface area contributed by atoms with Gasteiger partial charge >= 0.3 is 0 Å². The van der Waals surface area contributed by atoms with Crippen molar-refractivity contribution in [3.63, 3.8) is 0 Å². The fourth-order valence-corrected chi connectivity index (χ4v) is 2.98. The molecular formula is C12H9BrClFOS. The molecule has 1 N–H and O–H groups in total. The van der Waals surface area contributed by atoms with Crippen LogP contribution < -0.4 is 0 Å². The number of thiophene rings is 1. The van der Waals surface area contributed by atoms with Crippen molar-refractivity contribution in [3.8, 4) is 0 Å². The normalized spacial score (nSPS) is 12.8. The van der Waals surface area contributed by atoms with Gasteiger partial charge in [-0.15, -0.1) is 11.3 Å². The maximum Gasteiger partial charge on any atom is 0.127 e. The zero-order valence-electron chi connectivity index (χ0n) is 8.88. The van der Waals surface area contributed by atoms with E-state index in [1.54, 1.807) is 13.0 Å². The summed E-state index contributed by atoms with van der Waals surface area (Å²) < 4.78 is 14.2. The van der Waals surface area contributed by atoms with E-state index in [1.807, 2.05) is 11.4 Å². The lowest BCUT2D eigenvalue weighted by Crippen LogP contribution is -2.00. The van der Waals surface area contributed by atoms with Gasteiger partial charge in [0.1, 0.15) is 11.9 Å². The van der Waals surface area contributed by atoms with Gasteiger partial charge in [-0.2, -0.15) is 0 Å². The van der Waals surface area contributed by atoms with E-state index in [1.165, 1.54) is 17.4 Å². The van der Waals surface area contributed by atoms with Gasteiger partial charge in [-0.1, -0.05) is 11.6 Å². The number of hydrogen-bond acceptors (Lipinski definition) is 2. The second kappa shape index (κ2) is 5.06. The van der Waals surface area contributed by atoms with Crippen LogP contribution in [0.3, 0.4) is 0 Å². The van der Waals surface area contributed by atoms with E-state index in [-0.39, 0.29) is 10.8 Å². The second-order valence-corrected chi connectivity index (χ2v) is 6.41. The zero-order chi connectivity index (χ0) is 12.6. The van der Waals surface area contributed by atoms with E-state index in [0.29, 0.717) is 11.1 Å². The molecule has 1 nitrogen and oxygen atoms in total. The van der Waals surface area contributed by atoms with E-state index in [2.05, 4.69) is 15.9 Å². The van der Waals surface area contributed by atoms with Gasteiger partial charge in [-0.05, 0) is 57.6 Å². The number of aliphatic hydroxyl groups is 1. The van der Waals surface area contributed by atoms with Gasteiger partial charge in [0.05, 0.1) is 3.79 Å². The number of rotatable bonds is 2. The molecule has 90 valence electrons. The lowest BCUT2D eigenvalue weighted by molar-refractivity contribution is 0.220. The molecule has 1 unspecified atom stereocenters. The van der Waals surface area contributed by atoms with Crippen molar-refractivity contribution in [1.29, 1.82) is 0 Å². The number of hydrogen-bond donors (Lipinski definition) is 1. The average Bonchev–Trinajstić information content (AvgIpc) is 2.69. The van der Waals surface area contributed by atoms with Crippen LogP contribution in [0.2, 0.25) is 5.02 Å². The third-order valence-corrected chi connectivity index (χ3v) is 4.33. The number of aryl methyl sites for hydroxylation is 1. The second-order valence-electron chi connectivity index (χ2n) is 3.71. The van der Waals surface area contributed by atoms with Crippen LogP contribution in [0.15, 0.2) is 27.4 Å². The van der Waals surface area contributed by atoms with Crippen molar-refractivity contribution in [2.45, 2.75) is 13.0 Å². The van der Waals surface area contributed by atoms with Gasteiger partial charge in [0, 0.05) is 10.6 Å². The number of halogens is 3. The first-order valence-corrected chi connectivity index (χ1v) is 6.91. The summed E-state index contributed by atoms with van der Waals surface area (Å²) in [6, 6.07) is 4.63. The lowest BCUT2D eigenvalue weighted by atomic mass is 10.0. The summed E-state index contributed by atoms with van der Waals surface area (Å²) in [5.41, 5.74) is 1.74. The summed E-state index contributed by atoms with van der Waals surface area (Å²) >= 11 is 10.8. The molecule has 5 heteroatoms. The first-order chi connectivity index (χ1) is 7.99. The SMILES string of the molecule is Cc1cc(C(O)c2csc(Br)c2)c(Cl)cc1F. The van der Waals surface area contributed by atoms with Gasteiger partial charge in [0.25, 0.3) is 0 Å². The van der Waals surface area contributed by atoms with Crippen LogP contribution in [0.4, 0.5) is 4.39 Å². The summed E-state index contributed by atoms with van der Waals surface area (Å²) in [4.78, 5) is 0. The molecule has 0 fully saturated rings. The predicted molar refractivity (Wildman–Crippen MR) is 72.2 cm³/mol. The highest BCUT2D eigenvalue weighted by atomic mass is 79.9. The third-order valence-electron chi connectivity index (χ3n) is 2.48. The molecule has 0 aliphatic carbocycles. The minimum Gasteiger partial charge on any atom is -0.384 e. The van der Waals surface area contributed by atoms with Crippen molar-refractivity contribution in [2.24, 2.45) is 0 Å². The van der Waals surface area contributed by atoms with Gasteiger partial charge in [-0.25, -0.2) is 4.39 Å². The molecule has 17 heavy (non-hydrogen) atoms.